The highest BCUT2D eigenvalue weighted by atomic mass is 16.5. The number of carbonyl (C=O) groups is 2. The van der Waals surface area contributed by atoms with E-state index in [2.05, 4.69) is 11.4 Å². The second kappa shape index (κ2) is 12.1. The van der Waals surface area contributed by atoms with Gasteiger partial charge in [-0.3, -0.25) is 14.5 Å². The lowest BCUT2D eigenvalue weighted by Gasteiger charge is -2.35. The first-order valence-electron chi connectivity index (χ1n) is 15.0. The first-order valence-corrected chi connectivity index (χ1v) is 15.0. The molecule has 5 aromatic carbocycles. The monoisotopic (exact) mass is 576 g/mol. The van der Waals surface area contributed by atoms with Crippen molar-refractivity contribution in [3.8, 4) is 5.75 Å². The Kier molecular flexibility index (Phi) is 7.51. The van der Waals surface area contributed by atoms with E-state index in [4.69, 9.17) is 4.74 Å². The molecule has 0 saturated heterocycles. The van der Waals surface area contributed by atoms with E-state index >= 15 is 0 Å². The number of anilines is 2. The molecule has 7 rings (SSSR count). The van der Waals surface area contributed by atoms with Crippen LogP contribution in [-0.4, -0.2) is 11.7 Å². The van der Waals surface area contributed by atoms with Crippen LogP contribution in [0.25, 0.3) is 0 Å². The average Bonchev–Trinajstić information content (AvgIpc) is 3.23. The molecule has 1 amide bonds. The van der Waals surface area contributed by atoms with Gasteiger partial charge in [0.1, 0.15) is 12.4 Å². The van der Waals surface area contributed by atoms with E-state index in [1.54, 1.807) is 4.90 Å². The van der Waals surface area contributed by atoms with Crippen molar-refractivity contribution in [3.63, 3.8) is 0 Å². The highest BCUT2D eigenvalue weighted by Gasteiger charge is 2.42. The van der Waals surface area contributed by atoms with Crippen LogP contribution in [0.4, 0.5) is 11.4 Å². The lowest BCUT2D eigenvalue weighted by Crippen LogP contribution is -2.38. The number of Topliss-reactive ketones (excluding diaryl/α,β-unsaturated/α-hetero) is 1. The molecule has 2 aliphatic rings. The van der Waals surface area contributed by atoms with Crippen molar-refractivity contribution in [2.45, 2.75) is 31.4 Å². The van der Waals surface area contributed by atoms with Gasteiger partial charge in [-0.1, -0.05) is 109 Å². The SMILES string of the molecule is O=C1C[C@@H](c2ccccc2OCc2ccccc2)CC2=C1[C@H](c1ccccc1)N(C(=O)c1ccccc1)c1ccccc1N2. The summed E-state index contributed by atoms with van der Waals surface area (Å²) in [7, 11) is 0. The number of nitrogens with one attached hydrogen (secondary N) is 1. The molecule has 0 saturated carbocycles. The Morgan fingerprint density at radius 1 is 0.727 bits per heavy atom. The third-order valence-electron chi connectivity index (χ3n) is 8.44. The van der Waals surface area contributed by atoms with Crippen LogP contribution in [0.1, 0.15) is 51.8 Å². The van der Waals surface area contributed by atoms with Crippen molar-refractivity contribution in [3.05, 3.63) is 173 Å². The zero-order valence-electron chi connectivity index (χ0n) is 24.2. The van der Waals surface area contributed by atoms with Crippen molar-refractivity contribution in [2.75, 3.05) is 10.2 Å². The lowest BCUT2D eigenvalue weighted by atomic mass is 9.78. The maximum Gasteiger partial charge on any atom is 0.259 e. The predicted octanol–water partition coefficient (Wildman–Crippen LogP) is 8.48. The maximum atomic E-state index is 14.4. The fraction of sp³-hybridized carbons (Fsp3) is 0.128. The van der Waals surface area contributed by atoms with Gasteiger partial charge in [-0.05, 0) is 53.4 Å². The fourth-order valence-electron chi connectivity index (χ4n) is 6.39. The number of rotatable bonds is 6. The number of para-hydroxylation sites is 3. The van der Waals surface area contributed by atoms with E-state index in [-0.39, 0.29) is 17.6 Å². The molecule has 5 nitrogen and oxygen atoms in total. The van der Waals surface area contributed by atoms with Crippen LogP contribution < -0.4 is 15.0 Å². The van der Waals surface area contributed by atoms with Crippen LogP contribution in [0.5, 0.6) is 5.75 Å². The number of carbonyl (C=O) groups excluding carboxylic acids is 2. The van der Waals surface area contributed by atoms with Crippen LogP contribution in [0, 0.1) is 0 Å². The molecule has 2 atom stereocenters. The molecule has 0 radical (unpaired) electrons. The van der Waals surface area contributed by atoms with Crippen LogP contribution in [0.3, 0.4) is 0 Å². The average molecular weight is 577 g/mol. The van der Waals surface area contributed by atoms with Crippen LogP contribution >= 0.6 is 0 Å². The maximum absolute atomic E-state index is 14.4. The van der Waals surface area contributed by atoms with Crippen molar-refractivity contribution >= 4 is 23.1 Å². The van der Waals surface area contributed by atoms with Gasteiger partial charge in [0, 0.05) is 29.2 Å². The molecule has 1 aliphatic heterocycles. The normalized spacial score (nSPS) is 17.6. The number of benzene rings is 5. The minimum atomic E-state index is -0.590. The van der Waals surface area contributed by atoms with Gasteiger partial charge in [0.15, 0.2) is 5.78 Å². The van der Waals surface area contributed by atoms with Crippen molar-refractivity contribution < 1.29 is 14.3 Å². The Bertz CT molecular complexity index is 1830. The minimum absolute atomic E-state index is 0.0223. The number of fused-ring (bicyclic) bond motifs is 1. The molecular weight excluding hydrogens is 544 g/mol. The summed E-state index contributed by atoms with van der Waals surface area (Å²) in [6.07, 6.45) is 0.928. The summed E-state index contributed by atoms with van der Waals surface area (Å²) in [4.78, 5) is 30.6. The van der Waals surface area contributed by atoms with E-state index in [0.29, 0.717) is 30.6 Å². The molecule has 0 fully saturated rings. The number of allylic oxidation sites excluding steroid dienone is 1. The number of hydrogen-bond donors (Lipinski definition) is 1. The van der Waals surface area contributed by atoms with Gasteiger partial charge < -0.3 is 10.1 Å². The van der Waals surface area contributed by atoms with Gasteiger partial charge >= 0.3 is 0 Å². The van der Waals surface area contributed by atoms with Gasteiger partial charge in [-0.2, -0.15) is 0 Å². The fourth-order valence-corrected chi connectivity index (χ4v) is 6.39. The molecule has 0 spiro atoms. The summed E-state index contributed by atoms with van der Waals surface area (Å²) < 4.78 is 6.32. The van der Waals surface area contributed by atoms with Gasteiger partial charge in [-0.25, -0.2) is 0 Å². The third-order valence-corrected chi connectivity index (χ3v) is 8.44. The Hall–Kier alpha value is -5.42. The Labute approximate surface area is 257 Å². The molecule has 5 aromatic rings. The van der Waals surface area contributed by atoms with Crippen molar-refractivity contribution in [1.29, 1.82) is 0 Å². The molecule has 1 N–H and O–H groups in total. The second-order valence-electron chi connectivity index (χ2n) is 11.2. The molecule has 0 bridgehead atoms. The van der Waals surface area contributed by atoms with E-state index in [1.165, 1.54) is 0 Å². The smallest absolute Gasteiger partial charge is 0.259 e. The van der Waals surface area contributed by atoms with Crippen LogP contribution in [0.15, 0.2) is 151 Å². The minimum Gasteiger partial charge on any atom is -0.489 e. The summed E-state index contributed by atoms with van der Waals surface area (Å²) in [5.41, 5.74) is 6.56. The quantitative estimate of drug-likeness (QED) is 0.220. The van der Waals surface area contributed by atoms with E-state index < -0.39 is 6.04 Å². The highest BCUT2D eigenvalue weighted by Crippen LogP contribution is 2.48. The Morgan fingerprint density at radius 3 is 2.14 bits per heavy atom. The molecule has 44 heavy (non-hydrogen) atoms. The molecule has 1 aliphatic carbocycles. The molecule has 216 valence electrons. The Morgan fingerprint density at radius 2 is 1.36 bits per heavy atom. The molecule has 1 heterocycles. The molecular formula is C39H32N2O3. The number of hydrogen-bond acceptors (Lipinski definition) is 4. The van der Waals surface area contributed by atoms with E-state index in [0.717, 1.165) is 39.5 Å². The molecule has 5 heteroatoms. The zero-order chi connectivity index (χ0) is 29.9. The van der Waals surface area contributed by atoms with Crippen LogP contribution in [0.2, 0.25) is 0 Å². The van der Waals surface area contributed by atoms with Crippen molar-refractivity contribution in [1.82, 2.24) is 0 Å². The summed E-state index contributed by atoms with van der Waals surface area (Å²) in [6.45, 7) is 0.449. The summed E-state index contributed by atoms with van der Waals surface area (Å²) in [6, 6.07) is 44.5. The third kappa shape index (κ3) is 5.29. The summed E-state index contributed by atoms with van der Waals surface area (Å²) >= 11 is 0. The van der Waals surface area contributed by atoms with E-state index in [1.807, 2.05) is 133 Å². The van der Waals surface area contributed by atoms with Gasteiger partial charge in [-0.15, -0.1) is 0 Å². The van der Waals surface area contributed by atoms with Crippen LogP contribution in [-0.2, 0) is 11.4 Å². The number of amides is 1. The van der Waals surface area contributed by atoms with E-state index in [9.17, 15) is 9.59 Å². The Balaban J connectivity index is 1.32. The van der Waals surface area contributed by atoms with Crippen molar-refractivity contribution in [2.24, 2.45) is 0 Å². The summed E-state index contributed by atoms with van der Waals surface area (Å²) in [5, 5.41) is 3.63. The first-order chi connectivity index (χ1) is 21.7. The number of ether oxygens (including phenoxy) is 1. The van der Waals surface area contributed by atoms with Gasteiger partial charge in [0.05, 0.1) is 17.4 Å². The topological polar surface area (TPSA) is 58.6 Å². The lowest BCUT2D eigenvalue weighted by molar-refractivity contribution is -0.116. The number of ketones is 1. The first kappa shape index (κ1) is 27.4. The highest BCUT2D eigenvalue weighted by molar-refractivity contribution is 6.12. The largest absolute Gasteiger partial charge is 0.489 e. The zero-order valence-corrected chi connectivity index (χ0v) is 24.2. The van der Waals surface area contributed by atoms with Gasteiger partial charge in [0.25, 0.3) is 5.91 Å². The predicted molar refractivity (Wildman–Crippen MR) is 174 cm³/mol. The standard InChI is InChI=1S/C39H32N2O3/c42-35-25-30(31-20-10-13-23-36(31)44-26-27-14-4-1-5-15-27)24-33-37(35)38(28-16-6-2-7-17-28)41(34-22-12-11-21-32(34)40-33)39(43)29-18-8-3-9-19-29/h1-23,30,38,40H,24-26H2/t30-,38-/m0/s1. The van der Waals surface area contributed by atoms with Gasteiger partial charge in [0.2, 0.25) is 0 Å². The molecule has 0 aromatic heterocycles. The number of nitrogens with zero attached hydrogens (tertiary/aromatic N) is 1. The molecule has 0 unspecified atom stereocenters. The summed E-state index contributed by atoms with van der Waals surface area (Å²) in [5.74, 6) is 0.569. The second-order valence-corrected chi connectivity index (χ2v) is 11.2.